The lowest BCUT2D eigenvalue weighted by molar-refractivity contribution is -0.127. The Hall–Kier alpha value is -1.42. The van der Waals surface area contributed by atoms with Gasteiger partial charge in [-0.1, -0.05) is 24.9 Å². The van der Waals surface area contributed by atoms with Gasteiger partial charge in [0.2, 0.25) is 0 Å². The molecule has 19 heavy (non-hydrogen) atoms. The second-order valence-corrected chi connectivity index (χ2v) is 5.06. The van der Waals surface area contributed by atoms with E-state index in [0.717, 1.165) is 12.8 Å². The molecule has 4 nitrogen and oxygen atoms in total. The minimum Gasteiger partial charge on any atom is -0.479 e. The van der Waals surface area contributed by atoms with Gasteiger partial charge in [0, 0.05) is 17.8 Å². The monoisotopic (exact) mass is 284 g/mol. The number of anilines is 1. The highest BCUT2D eigenvalue weighted by Crippen LogP contribution is 2.27. The van der Waals surface area contributed by atoms with Gasteiger partial charge in [0.1, 0.15) is 5.75 Å². The van der Waals surface area contributed by atoms with Crippen LogP contribution in [0.2, 0.25) is 5.02 Å². The Morgan fingerprint density at radius 3 is 2.79 bits per heavy atom. The van der Waals surface area contributed by atoms with Gasteiger partial charge in [-0.05, 0) is 32.4 Å². The molecule has 1 aromatic rings. The quantitative estimate of drug-likeness (QED) is 0.789. The minimum absolute atomic E-state index is 0.139. The van der Waals surface area contributed by atoms with Crippen molar-refractivity contribution >= 4 is 23.2 Å². The van der Waals surface area contributed by atoms with E-state index in [0.29, 0.717) is 16.5 Å². The molecule has 0 aromatic heterocycles. The van der Waals surface area contributed by atoms with Crippen LogP contribution in [0.4, 0.5) is 5.69 Å². The molecule has 0 heterocycles. The number of nitrogen functional groups attached to an aromatic ring is 1. The van der Waals surface area contributed by atoms with Crippen molar-refractivity contribution in [1.29, 1.82) is 0 Å². The number of nitrogens with one attached hydrogen (secondary N) is 1. The molecular weight excluding hydrogens is 264 g/mol. The maximum absolute atomic E-state index is 11.9. The van der Waals surface area contributed by atoms with Crippen molar-refractivity contribution in [3.63, 3.8) is 0 Å². The second kappa shape index (κ2) is 7.24. The van der Waals surface area contributed by atoms with Crippen molar-refractivity contribution in [2.45, 2.75) is 45.8 Å². The molecule has 0 fully saturated rings. The summed E-state index contributed by atoms with van der Waals surface area (Å²) in [6.07, 6.45) is 1.36. The molecule has 2 atom stereocenters. The number of benzene rings is 1. The third kappa shape index (κ3) is 4.99. The zero-order chi connectivity index (χ0) is 14.4. The molecule has 1 rings (SSSR count). The summed E-state index contributed by atoms with van der Waals surface area (Å²) >= 11 is 5.99. The summed E-state index contributed by atoms with van der Waals surface area (Å²) in [4.78, 5) is 11.9. The average molecular weight is 285 g/mol. The Labute approximate surface area is 119 Å². The van der Waals surface area contributed by atoms with Gasteiger partial charge in [0.25, 0.3) is 5.91 Å². The highest BCUT2D eigenvalue weighted by atomic mass is 35.5. The van der Waals surface area contributed by atoms with Crippen LogP contribution in [-0.2, 0) is 4.79 Å². The minimum atomic E-state index is -0.612. The molecule has 2 unspecified atom stereocenters. The molecule has 1 aromatic carbocycles. The zero-order valence-electron chi connectivity index (χ0n) is 11.6. The predicted octanol–water partition coefficient (Wildman–Crippen LogP) is 2.99. The van der Waals surface area contributed by atoms with Gasteiger partial charge < -0.3 is 15.8 Å². The largest absolute Gasteiger partial charge is 0.479 e. The van der Waals surface area contributed by atoms with Gasteiger partial charge >= 0.3 is 0 Å². The molecule has 0 aliphatic rings. The molecular formula is C14H21ClN2O2. The molecule has 0 bridgehead atoms. The van der Waals surface area contributed by atoms with Crippen LogP contribution in [0.15, 0.2) is 18.2 Å². The molecule has 0 saturated heterocycles. The predicted molar refractivity (Wildman–Crippen MR) is 78.5 cm³/mol. The molecule has 0 saturated carbocycles. The number of hydrogen-bond donors (Lipinski definition) is 2. The van der Waals surface area contributed by atoms with Crippen molar-refractivity contribution in [2.24, 2.45) is 0 Å². The number of rotatable bonds is 6. The van der Waals surface area contributed by atoms with E-state index in [9.17, 15) is 4.79 Å². The Balaban J connectivity index is 2.61. The van der Waals surface area contributed by atoms with Crippen LogP contribution >= 0.6 is 11.6 Å². The smallest absolute Gasteiger partial charge is 0.260 e. The van der Waals surface area contributed by atoms with Crippen LogP contribution in [0.5, 0.6) is 5.75 Å². The van der Waals surface area contributed by atoms with Gasteiger partial charge in [-0.25, -0.2) is 0 Å². The lowest BCUT2D eigenvalue weighted by atomic mass is 10.2. The first-order chi connectivity index (χ1) is 8.93. The molecule has 0 spiro atoms. The number of halogens is 1. The average Bonchev–Trinajstić information content (AvgIpc) is 2.34. The van der Waals surface area contributed by atoms with E-state index in [1.54, 1.807) is 25.1 Å². The van der Waals surface area contributed by atoms with Crippen molar-refractivity contribution < 1.29 is 9.53 Å². The van der Waals surface area contributed by atoms with Gasteiger partial charge in [-0.15, -0.1) is 0 Å². The zero-order valence-corrected chi connectivity index (χ0v) is 12.3. The van der Waals surface area contributed by atoms with Gasteiger partial charge in [-0.2, -0.15) is 0 Å². The topological polar surface area (TPSA) is 64.3 Å². The normalized spacial score (nSPS) is 13.7. The van der Waals surface area contributed by atoms with Crippen LogP contribution < -0.4 is 15.8 Å². The molecule has 5 heteroatoms. The van der Waals surface area contributed by atoms with E-state index in [-0.39, 0.29) is 11.9 Å². The number of nitrogens with two attached hydrogens (primary N) is 1. The first-order valence-electron chi connectivity index (χ1n) is 6.46. The lowest BCUT2D eigenvalue weighted by Crippen LogP contribution is -2.41. The maximum atomic E-state index is 11.9. The highest BCUT2D eigenvalue weighted by molar-refractivity contribution is 6.32. The van der Waals surface area contributed by atoms with Crippen molar-refractivity contribution in [3.05, 3.63) is 23.2 Å². The molecule has 0 aliphatic carbocycles. The van der Waals surface area contributed by atoms with E-state index < -0.39 is 6.10 Å². The number of hydrogen-bond acceptors (Lipinski definition) is 3. The molecule has 3 N–H and O–H groups in total. The second-order valence-electron chi connectivity index (χ2n) is 4.65. The summed E-state index contributed by atoms with van der Waals surface area (Å²) in [6, 6.07) is 5.08. The molecule has 1 amide bonds. The van der Waals surface area contributed by atoms with Crippen LogP contribution in [-0.4, -0.2) is 18.1 Å². The summed E-state index contributed by atoms with van der Waals surface area (Å²) < 4.78 is 5.54. The summed E-state index contributed by atoms with van der Waals surface area (Å²) in [7, 11) is 0. The fourth-order valence-corrected chi connectivity index (χ4v) is 1.88. The fraction of sp³-hybridized carbons (Fsp3) is 0.500. The van der Waals surface area contributed by atoms with Crippen LogP contribution in [0.1, 0.15) is 33.6 Å². The van der Waals surface area contributed by atoms with E-state index >= 15 is 0 Å². The number of carbonyl (C=O) groups is 1. The van der Waals surface area contributed by atoms with Crippen molar-refractivity contribution in [1.82, 2.24) is 5.32 Å². The van der Waals surface area contributed by atoms with E-state index in [4.69, 9.17) is 22.1 Å². The van der Waals surface area contributed by atoms with Crippen LogP contribution in [0, 0.1) is 0 Å². The Kier molecular flexibility index (Phi) is 5.96. The number of ether oxygens (including phenoxy) is 1. The Morgan fingerprint density at radius 1 is 1.47 bits per heavy atom. The Morgan fingerprint density at radius 2 is 2.16 bits per heavy atom. The Bertz CT molecular complexity index is 437. The van der Waals surface area contributed by atoms with E-state index in [2.05, 4.69) is 12.2 Å². The maximum Gasteiger partial charge on any atom is 0.260 e. The van der Waals surface area contributed by atoms with Gasteiger partial charge in [0.15, 0.2) is 6.10 Å². The standard InChI is InChI=1S/C14H21ClN2O2/c1-4-5-9(2)17-14(18)10(3)19-13-8-11(16)6-7-12(13)15/h6-10H,4-5,16H2,1-3H3,(H,17,18). The SMILES string of the molecule is CCCC(C)NC(=O)C(C)Oc1cc(N)ccc1Cl. The summed E-state index contributed by atoms with van der Waals surface area (Å²) in [5, 5.41) is 3.34. The number of amides is 1. The van der Waals surface area contributed by atoms with Gasteiger partial charge in [-0.3, -0.25) is 4.79 Å². The van der Waals surface area contributed by atoms with Gasteiger partial charge in [0.05, 0.1) is 5.02 Å². The number of carbonyl (C=O) groups excluding carboxylic acids is 1. The van der Waals surface area contributed by atoms with E-state index in [1.807, 2.05) is 6.92 Å². The lowest BCUT2D eigenvalue weighted by Gasteiger charge is -2.19. The molecule has 0 radical (unpaired) electrons. The third-order valence-corrected chi connectivity index (χ3v) is 3.05. The first-order valence-corrected chi connectivity index (χ1v) is 6.84. The summed E-state index contributed by atoms with van der Waals surface area (Å²) in [5.41, 5.74) is 6.21. The molecule has 106 valence electrons. The molecule has 0 aliphatic heterocycles. The first kappa shape index (κ1) is 15.6. The van der Waals surface area contributed by atoms with Crippen LogP contribution in [0.25, 0.3) is 0 Å². The fourth-order valence-electron chi connectivity index (χ4n) is 1.72. The van der Waals surface area contributed by atoms with Crippen LogP contribution in [0.3, 0.4) is 0 Å². The van der Waals surface area contributed by atoms with Crippen molar-refractivity contribution in [2.75, 3.05) is 5.73 Å². The summed E-state index contributed by atoms with van der Waals surface area (Å²) in [6.45, 7) is 5.74. The van der Waals surface area contributed by atoms with Crippen molar-refractivity contribution in [3.8, 4) is 5.75 Å². The summed E-state index contributed by atoms with van der Waals surface area (Å²) in [5.74, 6) is 0.270. The highest BCUT2D eigenvalue weighted by Gasteiger charge is 2.17. The van der Waals surface area contributed by atoms with E-state index in [1.165, 1.54) is 0 Å². The third-order valence-electron chi connectivity index (χ3n) is 2.74.